The first-order valence-corrected chi connectivity index (χ1v) is 8.54. The highest BCUT2D eigenvalue weighted by molar-refractivity contribution is 5.96. The van der Waals surface area contributed by atoms with Gasteiger partial charge in [-0.2, -0.15) is 5.10 Å². The molecule has 5 nitrogen and oxygen atoms in total. The molecule has 1 unspecified atom stereocenters. The summed E-state index contributed by atoms with van der Waals surface area (Å²) in [5, 5.41) is 4.25. The molecule has 2 fully saturated rings. The van der Waals surface area contributed by atoms with Crippen molar-refractivity contribution >= 4 is 5.91 Å². The van der Waals surface area contributed by atoms with E-state index < -0.39 is 11.8 Å². The first-order valence-electron chi connectivity index (χ1n) is 8.54. The number of halogens is 2. The molecular weight excluding hydrogens is 316 g/mol. The number of carbonyl (C=O) groups is 1. The number of ether oxygens (including phenoxy) is 1. The maximum Gasteiger partial charge on any atom is 0.257 e. The Balaban J connectivity index is 1.68. The van der Waals surface area contributed by atoms with Crippen LogP contribution in [0.3, 0.4) is 0 Å². The maximum atomic E-state index is 14.2. The number of hydrogen-bond acceptors (Lipinski definition) is 3. The van der Waals surface area contributed by atoms with E-state index in [-0.39, 0.29) is 32.0 Å². The Kier molecular flexibility index (Phi) is 4.64. The summed E-state index contributed by atoms with van der Waals surface area (Å²) in [4.78, 5) is 14.3. The van der Waals surface area contributed by atoms with Gasteiger partial charge in [-0.1, -0.05) is 0 Å². The number of carbonyl (C=O) groups excluding carboxylic acids is 1. The average Bonchev–Trinajstić information content (AvgIpc) is 3.28. The van der Waals surface area contributed by atoms with Crippen LogP contribution < -0.4 is 0 Å². The molecule has 0 bridgehead atoms. The molecule has 3 rings (SSSR count). The van der Waals surface area contributed by atoms with E-state index in [9.17, 15) is 13.6 Å². The molecule has 1 atom stereocenters. The first kappa shape index (κ1) is 17.3. The molecule has 2 aliphatic rings. The summed E-state index contributed by atoms with van der Waals surface area (Å²) in [5.74, 6) is -3.38. The Morgan fingerprint density at radius 3 is 2.62 bits per heavy atom. The Hall–Kier alpha value is -1.50. The number of aromatic nitrogens is 2. The van der Waals surface area contributed by atoms with Crippen LogP contribution >= 0.6 is 0 Å². The van der Waals surface area contributed by atoms with Crippen LogP contribution in [0.1, 0.15) is 41.0 Å². The second-order valence-corrected chi connectivity index (χ2v) is 7.11. The smallest absolute Gasteiger partial charge is 0.257 e. The monoisotopic (exact) mass is 341 g/mol. The van der Waals surface area contributed by atoms with Gasteiger partial charge in [0, 0.05) is 38.9 Å². The summed E-state index contributed by atoms with van der Waals surface area (Å²) in [7, 11) is 1.78. The average molecular weight is 341 g/mol. The topological polar surface area (TPSA) is 47.4 Å². The highest BCUT2D eigenvalue weighted by atomic mass is 19.3. The zero-order valence-electron chi connectivity index (χ0n) is 14.5. The van der Waals surface area contributed by atoms with Crippen molar-refractivity contribution in [2.75, 3.05) is 26.3 Å². The summed E-state index contributed by atoms with van der Waals surface area (Å²) < 4.78 is 35.5. The molecule has 1 aliphatic heterocycles. The van der Waals surface area contributed by atoms with Crippen LogP contribution in [0.15, 0.2) is 0 Å². The van der Waals surface area contributed by atoms with Gasteiger partial charge in [-0.15, -0.1) is 0 Å². The van der Waals surface area contributed by atoms with Gasteiger partial charge in [0.2, 0.25) is 0 Å². The quantitative estimate of drug-likeness (QED) is 0.827. The molecule has 0 spiro atoms. The second-order valence-electron chi connectivity index (χ2n) is 7.11. The lowest BCUT2D eigenvalue weighted by molar-refractivity contribution is -0.122. The first-order chi connectivity index (χ1) is 11.3. The van der Waals surface area contributed by atoms with Gasteiger partial charge in [0.15, 0.2) is 0 Å². The zero-order chi connectivity index (χ0) is 17.5. The second kappa shape index (κ2) is 6.43. The lowest BCUT2D eigenvalue weighted by Gasteiger charge is -2.38. The largest absolute Gasteiger partial charge is 0.381 e. The molecule has 2 heterocycles. The van der Waals surface area contributed by atoms with Crippen LogP contribution in [0.25, 0.3) is 0 Å². The van der Waals surface area contributed by atoms with E-state index >= 15 is 0 Å². The van der Waals surface area contributed by atoms with Crippen molar-refractivity contribution in [2.45, 2.75) is 39.0 Å². The number of alkyl halides is 2. The molecule has 134 valence electrons. The van der Waals surface area contributed by atoms with E-state index in [1.807, 2.05) is 6.92 Å². The molecule has 1 aliphatic carbocycles. The maximum absolute atomic E-state index is 14.2. The van der Waals surface area contributed by atoms with Gasteiger partial charge in [-0.25, -0.2) is 8.78 Å². The standard InChI is InChI=1S/C17H25F2N3O2/c1-11-15(12(2)21(3)20-11)16(23)22-7-6-17(18,19)14(8-22)10-24-9-13-4-5-13/h13-14H,4-10H2,1-3H3. The SMILES string of the molecule is Cc1nn(C)c(C)c1C(=O)N1CCC(F)(F)C(COCC2CC2)C1. The fourth-order valence-corrected chi connectivity index (χ4v) is 3.24. The van der Waals surface area contributed by atoms with Gasteiger partial charge in [0.1, 0.15) is 0 Å². The van der Waals surface area contributed by atoms with Gasteiger partial charge < -0.3 is 9.64 Å². The van der Waals surface area contributed by atoms with Crippen molar-refractivity contribution < 1.29 is 18.3 Å². The summed E-state index contributed by atoms with van der Waals surface area (Å²) in [6.07, 6.45) is 1.95. The zero-order valence-corrected chi connectivity index (χ0v) is 14.5. The van der Waals surface area contributed by atoms with Crippen molar-refractivity contribution in [3.8, 4) is 0 Å². The fraction of sp³-hybridized carbons (Fsp3) is 0.765. The summed E-state index contributed by atoms with van der Waals surface area (Å²) in [6.45, 7) is 4.26. The Morgan fingerprint density at radius 1 is 1.33 bits per heavy atom. The van der Waals surface area contributed by atoms with Gasteiger partial charge >= 0.3 is 0 Å². The minimum absolute atomic E-state index is 0.0122. The van der Waals surface area contributed by atoms with Gasteiger partial charge in [-0.05, 0) is 32.6 Å². The normalized spacial score (nSPS) is 23.5. The predicted molar refractivity (Wildman–Crippen MR) is 85.2 cm³/mol. The number of hydrogen-bond donors (Lipinski definition) is 0. The molecular formula is C17H25F2N3O2. The minimum Gasteiger partial charge on any atom is -0.381 e. The summed E-state index contributed by atoms with van der Waals surface area (Å²) >= 11 is 0. The number of piperidine rings is 1. The van der Waals surface area contributed by atoms with Crippen molar-refractivity contribution in [1.82, 2.24) is 14.7 Å². The van der Waals surface area contributed by atoms with E-state index in [2.05, 4.69) is 5.10 Å². The van der Waals surface area contributed by atoms with Crippen LogP contribution in [0, 0.1) is 25.7 Å². The molecule has 1 saturated heterocycles. The third-order valence-electron chi connectivity index (χ3n) is 5.13. The third kappa shape index (κ3) is 3.45. The van der Waals surface area contributed by atoms with Crippen molar-refractivity contribution in [3.63, 3.8) is 0 Å². The molecule has 24 heavy (non-hydrogen) atoms. The van der Waals surface area contributed by atoms with E-state index in [1.54, 1.807) is 18.7 Å². The van der Waals surface area contributed by atoms with Crippen LogP contribution in [-0.2, 0) is 11.8 Å². The molecule has 1 aromatic heterocycles. The van der Waals surface area contributed by atoms with E-state index in [0.29, 0.717) is 23.8 Å². The molecule has 0 N–H and O–H groups in total. The molecule has 1 saturated carbocycles. The number of rotatable bonds is 5. The van der Waals surface area contributed by atoms with E-state index in [0.717, 1.165) is 18.5 Å². The molecule has 1 amide bonds. The molecule has 0 radical (unpaired) electrons. The van der Waals surface area contributed by atoms with Crippen LogP contribution in [0.5, 0.6) is 0 Å². The lowest BCUT2D eigenvalue weighted by atomic mass is 9.93. The third-order valence-corrected chi connectivity index (χ3v) is 5.13. The van der Waals surface area contributed by atoms with E-state index in [1.165, 1.54) is 4.90 Å². The summed E-state index contributed by atoms with van der Waals surface area (Å²) in [6, 6.07) is 0. The van der Waals surface area contributed by atoms with Gasteiger partial charge in [-0.3, -0.25) is 9.48 Å². The fourth-order valence-electron chi connectivity index (χ4n) is 3.24. The summed E-state index contributed by atoms with van der Waals surface area (Å²) in [5.41, 5.74) is 1.93. The van der Waals surface area contributed by atoms with Crippen LogP contribution in [-0.4, -0.2) is 52.8 Å². The molecule has 0 aromatic carbocycles. The Labute approximate surface area is 141 Å². The predicted octanol–water partition coefficient (Wildman–Crippen LogP) is 2.56. The molecule has 7 heteroatoms. The van der Waals surface area contributed by atoms with Crippen molar-refractivity contribution in [3.05, 3.63) is 17.0 Å². The van der Waals surface area contributed by atoms with Crippen molar-refractivity contribution in [1.29, 1.82) is 0 Å². The van der Waals surface area contributed by atoms with E-state index in [4.69, 9.17) is 4.74 Å². The number of aryl methyl sites for hydroxylation is 2. The number of nitrogens with zero attached hydrogens (tertiary/aromatic N) is 3. The lowest BCUT2D eigenvalue weighted by Crippen LogP contribution is -2.51. The highest BCUT2D eigenvalue weighted by Crippen LogP contribution is 2.35. The molecule has 1 aromatic rings. The number of likely N-dealkylation sites (tertiary alicyclic amines) is 1. The van der Waals surface area contributed by atoms with Crippen LogP contribution in [0.2, 0.25) is 0 Å². The Morgan fingerprint density at radius 2 is 2.04 bits per heavy atom. The van der Waals surface area contributed by atoms with Gasteiger partial charge in [0.25, 0.3) is 11.8 Å². The number of amides is 1. The van der Waals surface area contributed by atoms with Crippen molar-refractivity contribution in [2.24, 2.45) is 18.9 Å². The minimum atomic E-state index is -2.78. The van der Waals surface area contributed by atoms with Gasteiger partial charge in [0.05, 0.1) is 23.8 Å². The highest BCUT2D eigenvalue weighted by Gasteiger charge is 2.45. The Bertz CT molecular complexity index is 626. The van der Waals surface area contributed by atoms with Crippen LogP contribution in [0.4, 0.5) is 8.78 Å².